The quantitative estimate of drug-likeness (QED) is 0.798. The summed E-state index contributed by atoms with van der Waals surface area (Å²) in [5, 5.41) is 0. The molecule has 0 amide bonds. The summed E-state index contributed by atoms with van der Waals surface area (Å²) in [6, 6.07) is 9.69. The van der Waals surface area contributed by atoms with E-state index in [0.29, 0.717) is 32.0 Å². The van der Waals surface area contributed by atoms with E-state index in [2.05, 4.69) is 6.92 Å². The predicted molar refractivity (Wildman–Crippen MR) is 77.6 cm³/mol. The third-order valence-electron chi connectivity index (χ3n) is 4.14. The van der Waals surface area contributed by atoms with Gasteiger partial charge in [-0.2, -0.15) is 0 Å². The van der Waals surface area contributed by atoms with Crippen molar-refractivity contribution in [3.63, 3.8) is 0 Å². The zero-order valence-electron chi connectivity index (χ0n) is 12.2. The Morgan fingerprint density at radius 3 is 2.86 bits per heavy atom. The van der Waals surface area contributed by atoms with E-state index in [1.54, 1.807) is 0 Å². The van der Waals surface area contributed by atoms with Crippen LogP contribution in [0, 0.1) is 5.92 Å². The van der Waals surface area contributed by atoms with Crippen LogP contribution >= 0.6 is 0 Å². The standard InChI is InChI=1S/C17H20O4/c1-2-16-14-10-19-9-13(14)15(11-20-16)17(18)21-8-12-6-4-3-5-7-12/h3-7,14,16H,2,8-11H2,1H3/t14-,16+/m0/s1. The molecule has 4 heteroatoms. The van der Waals surface area contributed by atoms with Crippen molar-refractivity contribution < 1.29 is 19.0 Å². The molecule has 4 nitrogen and oxygen atoms in total. The number of benzene rings is 1. The Hall–Kier alpha value is -1.65. The third-order valence-corrected chi connectivity index (χ3v) is 4.14. The highest BCUT2D eigenvalue weighted by atomic mass is 16.5. The zero-order valence-corrected chi connectivity index (χ0v) is 12.2. The molecule has 0 N–H and O–H groups in total. The summed E-state index contributed by atoms with van der Waals surface area (Å²) in [7, 11) is 0. The SMILES string of the molecule is CC[C@H]1OCC(C(=O)OCc2ccccc2)=C2COC[C@@H]21. The largest absolute Gasteiger partial charge is 0.457 e. The number of esters is 1. The summed E-state index contributed by atoms with van der Waals surface area (Å²) in [4.78, 5) is 12.3. The third kappa shape index (κ3) is 3.01. The van der Waals surface area contributed by atoms with Crippen LogP contribution in [0.5, 0.6) is 0 Å². The number of carbonyl (C=O) groups is 1. The normalized spacial score (nSPS) is 24.8. The monoisotopic (exact) mass is 288 g/mol. The lowest BCUT2D eigenvalue weighted by Crippen LogP contribution is -2.33. The second kappa shape index (κ2) is 6.41. The number of hydrogen-bond acceptors (Lipinski definition) is 4. The summed E-state index contributed by atoms with van der Waals surface area (Å²) in [5.41, 5.74) is 2.71. The second-order valence-corrected chi connectivity index (χ2v) is 5.44. The van der Waals surface area contributed by atoms with Crippen LogP contribution in [0.4, 0.5) is 0 Å². The van der Waals surface area contributed by atoms with Crippen molar-refractivity contribution in [3.05, 3.63) is 47.0 Å². The molecular weight excluding hydrogens is 268 g/mol. The van der Waals surface area contributed by atoms with Crippen molar-refractivity contribution in [1.29, 1.82) is 0 Å². The minimum atomic E-state index is -0.279. The van der Waals surface area contributed by atoms with E-state index in [1.807, 2.05) is 30.3 Å². The van der Waals surface area contributed by atoms with E-state index in [4.69, 9.17) is 14.2 Å². The van der Waals surface area contributed by atoms with Gasteiger partial charge in [0.1, 0.15) is 6.61 Å². The van der Waals surface area contributed by atoms with Gasteiger partial charge in [-0.1, -0.05) is 37.3 Å². The van der Waals surface area contributed by atoms with Crippen LogP contribution in [0.1, 0.15) is 18.9 Å². The minimum absolute atomic E-state index is 0.160. The van der Waals surface area contributed by atoms with Crippen molar-refractivity contribution in [3.8, 4) is 0 Å². The summed E-state index contributed by atoms with van der Waals surface area (Å²) in [6.07, 6.45) is 1.09. The van der Waals surface area contributed by atoms with Crippen LogP contribution in [-0.2, 0) is 25.6 Å². The first-order chi connectivity index (χ1) is 10.3. The smallest absolute Gasteiger partial charge is 0.336 e. The van der Waals surface area contributed by atoms with Gasteiger partial charge in [-0.3, -0.25) is 0 Å². The average Bonchev–Trinajstić information content (AvgIpc) is 3.02. The molecule has 2 heterocycles. The number of ether oxygens (including phenoxy) is 3. The van der Waals surface area contributed by atoms with Crippen LogP contribution in [0.15, 0.2) is 41.5 Å². The van der Waals surface area contributed by atoms with Crippen molar-refractivity contribution in [2.24, 2.45) is 5.92 Å². The molecule has 3 rings (SSSR count). The Morgan fingerprint density at radius 2 is 2.10 bits per heavy atom. The summed E-state index contributed by atoms with van der Waals surface area (Å²) >= 11 is 0. The lowest BCUT2D eigenvalue weighted by Gasteiger charge is -2.29. The highest BCUT2D eigenvalue weighted by Gasteiger charge is 2.37. The fraction of sp³-hybridized carbons (Fsp3) is 0.471. The van der Waals surface area contributed by atoms with Crippen LogP contribution < -0.4 is 0 Å². The Morgan fingerprint density at radius 1 is 1.29 bits per heavy atom. The van der Waals surface area contributed by atoms with E-state index >= 15 is 0 Å². The van der Waals surface area contributed by atoms with Crippen LogP contribution in [0.2, 0.25) is 0 Å². The maximum Gasteiger partial charge on any atom is 0.336 e. The molecule has 0 aliphatic carbocycles. The topological polar surface area (TPSA) is 44.8 Å². The van der Waals surface area contributed by atoms with Crippen molar-refractivity contribution in [2.45, 2.75) is 26.1 Å². The summed E-state index contributed by atoms with van der Waals surface area (Å²) < 4.78 is 16.7. The minimum Gasteiger partial charge on any atom is -0.457 e. The molecule has 0 aromatic heterocycles. The van der Waals surface area contributed by atoms with E-state index in [9.17, 15) is 4.79 Å². The number of hydrogen-bond donors (Lipinski definition) is 0. The molecule has 0 saturated carbocycles. The fourth-order valence-corrected chi connectivity index (χ4v) is 2.95. The van der Waals surface area contributed by atoms with Crippen molar-refractivity contribution in [1.82, 2.24) is 0 Å². The Bertz CT molecular complexity index is 535. The average molecular weight is 288 g/mol. The first kappa shape index (κ1) is 14.3. The molecule has 2 aliphatic rings. The summed E-state index contributed by atoms with van der Waals surface area (Å²) in [5.74, 6) is -0.0677. The number of rotatable bonds is 4. The van der Waals surface area contributed by atoms with Crippen LogP contribution in [0.25, 0.3) is 0 Å². The lowest BCUT2D eigenvalue weighted by molar-refractivity contribution is -0.142. The number of carbonyl (C=O) groups excluding carboxylic acids is 1. The molecule has 0 radical (unpaired) electrons. The van der Waals surface area contributed by atoms with Gasteiger partial charge < -0.3 is 14.2 Å². The molecule has 2 aliphatic heterocycles. The first-order valence-corrected chi connectivity index (χ1v) is 7.42. The highest BCUT2D eigenvalue weighted by Crippen LogP contribution is 2.34. The molecule has 1 fully saturated rings. The van der Waals surface area contributed by atoms with E-state index in [-0.39, 0.29) is 18.0 Å². The van der Waals surface area contributed by atoms with Gasteiger partial charge in [0.15, 0.2) is 0 Å². The van der Waals surface area contributed by atoms with E-state index in [0.717, 1.165) is 17.6 Å². The Labute approximate surface area is 124 Å². The van der Waals surface area contributed by atoms with Gasteiger partial charge in [0.2, 0.25) is 0 Å². The maximum absolute atomic E-state index is 12.3. The second-order valence-electron chi connectivity index (χ2n) is 5.44. The van der Waals surface area contributed by atoms with Gasteiger partial charge in [-0.05, 0) is 17.6 Å². The summed E-state index contributed by atoms with van der Waals surface area (Å²) in [6.45, 7) is 3.89. The molecule has 1 saturated heterocycles. The molecule has 21 heavy (non-hydrogen) atoms. The maximum atomic E-state index is 12.3. The zero-order chi connectivity index (χ0) is 14.7. The molecule has 2 atom stereocenters. The molecular formula is C17H20O4. The van der Waals surface area contributed by atoms with Crippen molar-refractivity contribution in [2.75, 3.05) is 19.8 Å². The first-order valence-electron chi connectivity index (χ1n) is 7.42. The van der Waals surface area contributed by atoms with Gasteiger partial charge in [0.05, 0.1) is 31.5 Å². The fourth-order valence-electron chi connectivity index (χ4n) is 2.95. The van der Waals surface area contributed by atoms with Gasteiger partial charge >= 0.3 is 5.97 Å². The van der Waals surface area contributed by atoms with Gasteiger partial charge in [0, 0.05) is 5.92 Å². The molecule has 0 bridgehead atoms. The Kier molecular flexibility index (Phi) is 4.36. The van der Waals surface area contributed by atoms with Gasteiger partial charge in [-0.25, -0.2) is 4.79 Å². The van der Waals surface area contributed by atoms with Crippen LogP contribution in [-0.4, -0.2) is 31.9 Å². The Balaban J connectivity index is 1.69. The molecule has 1 aromatic rings. The van der Waals surface area contributed by atoms with Gasteiger partial charge in [0.25, 0.3) is 0 Å². The molecule has 0 spiro atoms. The molecule has 1 aromatic carbocycles. The molecule has 112 valence electrons. The van der Waals surface area contributed by atoms with E-state index in [1.165, 1.54) is 0 Å². The lowest BCUT2D eigenvalue weighted by atomic mass is 9.89. The van der Waals surface area contributed by atoms with E-state index < -0.39 is 0 Å². The van der Waals surface area contributed by atoms with Gasteiger partial charge in [-0.15, -0.1) is 0 Å². The van der Waals surface area contributed by atoms with Crippen LogP contribution in [0.3, 0.4) is 0 Å². The predicted octanol–water partition coefficient (Wildman–Crippen LogP) is 2.48. The highest BCUT2D eigenvalue weighted by molar-refractivity contribution is 5.90. The van der Waals surface area contributed by atoms with Crippen molar-refractivity contribution >= 4 is 5.97 Å². The molecule has 0 unspecified atom stereocenters. The number of fused-ring (bicyclic) bond motifs is 1.